The summed E-state index contributed by atoms with van der Waals surface area (Å²) in [6.45, 7) is 4.28. The van der Waals surface area contributed by atoms with Gasteiger partial charge in [0.05, 0.1) is 19.6 Å². The zero-order valence-corrected chi connectivity index (χ0v) is 10.8. The van der Waals surface area contributed by atoms with E-state index in [9.17, 15) is 9.59 Å². The van der Waals surface area contributed by atoms with Crippen molar-refractivity contribution in [3.8, 4) is 0 Å². The lowest BCUT2D eigenvalue weighted by molar-refractivity contribution is -0.138. The molecule has 0 saturated heterocycles. The SMILES string of the molecule is C=CCN(CC(=O)O)CC(=O)NCc1cccs1. The van der Waals surface area contributed by atoms with Gasteiger partial charge in [-0.2, -0.15) is 0 Å². The van der Waals surface area contributed by atoms with E-state index in [0.717, 1.165) is 4.88 Å². The number of carbonyl (C=O) groups excluding carboxylic acids is 1. The Hall–Kier alpha value is -1.66. The number of hydrogen-bond donors (Lipinski definition) is 2. The van der Waals surface area contributed by atoms with Gasteiger partial charge in [0.25, 0.3) is 0 Å². The first-order valence-electron chi connectivity index (χ1n) is 5.46. The Kier molecular flexibility index (Phi) is 6.10. The molecule has 0 aliphatic carbocycles. The number of nitrogens with one attached hydrogen (secondary N) is 1. The van der Waals surface area contributed by atoms with E-state index in [2.05, 4.69) is 11.9 Å². The van der Waals surface area contributed by atoms with Crippen molar-refractivity contribution in [3.63, 3.8) is 0 Å². The number of thiophene rings is 1. The third-order valence-electron chi connectivity index (χ3n) is 2.15. The van der Waals surface area contributed by atoms with Crippen LogP contribution in [0.3, 0.4) is 0 Å². The summed E-state index contributed by atoms with van der Waals surface area (Å²) in [4.78, 5) is 24.8. The highest BCUT2D eigenvalue weighted by molar-refractivity contribution is 7.09. The summed E-state index contributed by atoms with van der Waals surface area (Å²) in [5.41, 5.74) is 0. The lowest BCUT2D eigenvalue weighted by atomic mass is 10.4. The molecule has 1 heterocycles. The summed E-state index contributed by atoms with van der Waals surface area (Å²) in [5.74, 6) is -1.14. The van der Waals surface area contributed by atoms with E-state index in [1.807, 2.05) is 17.5 Å². The molecule has 5 nitrogen and oxygen atoms in total. The number of amides is 1. The minimum atomic E-state index is -0.956. The Bertz CT molecular complexity index is 403. The van der Waals surface area contributed by atoms with Gasteiger partial charge in [0.2, 0.25) is 5.91 Å². The molecular weight excluding hydrogens is 252 g/mol. The van der Waals surface area contributed by atoms with Crippen molar-refractivity contribution >= 4 is 23.2 Å². The minimum Gasteiger partial charge on any atom is -0.480 e. The summed E-state index contributed by atoms with van der Waals surface area (Å²) < 4.78 is 0. The first-order chi connectivity index (χ1) is 8.61. The third-order valence-corrected chi connectivity index (χ3v) is 3.03. The molecule has 0 bridgehead atoms. The number of carboxylic acid groups (broad SMARTS) is 1. The highest BCUT2D eigenvalue weighted by Gasteiger charge is 2.12. The first-order valence-corrected chi connectivity index (χ1v) is 6.34. The fourth-order valence-electron chi connectivity index (χ4n) is 1.42. The average Bonchev–Trinajstić information content (AvgIpc) is 2.78. The van der Waals surface area contributed by atoms with Crippen LogP contribution in [0.4, 0.5) is 0 Å². The van der Waals surface area contributed by atoms with Gasteiger partial charge in [-0.1, -0.05) is 12.1 Å². The molecule has 0 aliphatic rings. The summed E-state index contributed by atoms with van der Waals surface area (Å²) in [7, 11) is 0. The number of carboxylic acids is 1. The van der Waals surface area contributed by atoms with Gasteiger partial charge in [-0.25, -0.2) is 0 Å². The molecular formula is C12H16N2O3S. The fraction of sp³-hybridized carbons (Fsp3) is 0.333. The van der Waals surface area contributed by atoms with Crippen molar-refractivity contribution < 1.29 is 14.7 Å². The molecule has 1 amide bonds. The van der Waals surface area contributed by atoms with E-state index in [-0.39, 0.29) is 19.0 Å². The molecule has 0 spiro atoms. The Morgan fingerprint density at radius 1 is 1.50 bits per heavy atom. The molecule has 1 aromatic heterocycles. The van der Waals surface area contributed by atoms with Gasteiger partial charge in [0.1, 0.15) is 0 Å². The van der Waals surface area contributed by atoms with Crippen molar-refractivity contribution in [2.45, 2.75) is 6.54 Å². The fourth-order valence-corrected chi connectivity index (χ4v) is 2.06. The Balaban J connectivity index is 2.35. The molecule has 0 unspecified atom stereocenters. The molecule has 0 aliphatic heterocycles. The molecule has 0 aromatic carbocycles. The molecule has 0 fully saturated rings. The first kappa shape index (κ1) is 14.4. The Labute approximate surface area is 110 Å². The van der Waals surface area contributed by atoms with Crippen LogP contribution in [-0.4, -0.2) is 41.5 Å². The molecule has 2 N–H and O–H groups in total. The monoisotopic (exact) mass is 268 g/mol. The average molecular weight is 268 g/mol. The second-order valence-corrected chi connectivity index (χ2v) is 4.74. The predicted octanol–water partition coefficient (Wildman–Crippen LogP) is 0.937. The third kappa shape index (κ3) is 5.60. The topological polar surface area (TPSA) is 69.6 Å². The zero-order chi connectivity index (χ0) is 13.4. The van der Waals surface area contributed by atoms with E-state index in [0.29, 0.717) is 13.1 Å². The predicted molar refractivity (Wildman–Crippen MR) is 70.4 cm³/mol. The number of carbonyl (C=O) groups is 2. The zero-order valence-electron chi connectivity index (χ0n) is 9.96. The second kappa shape index (κ2) is 7.62. The summed E-state index contributed by atoms with van der Waals surface area (Å²) >= 11 is 1.57. The maximum atomic E-state index is 11.6. The Morgan fingerprint density at radius 2 is 2.28 bits per heavy atom. The van der Waals surface area contributed by atoms with Gasteiger partial charge in [0, 0.05) is 11.4 Å². The molecule has 18 heavy (non-hydrogen) atoms. The highest BCUT2D eigenvalue weighted by atomic mass is 32.1. The van der Waals surface area contributed by atoms with Crippen LogP contribution in [-0.2, 0) is 16.1 Å². The number of nitrogens with zero attached hydrogens (tertiary/aromatic N) is 1. The van der Waals surface area contributed by atoms with Crippen molar-refractivity contribution in [2.24, 2.45) is 0 Å². The largest absolute Gasteiger partial charge is 0.480 e. The molecule has 0 saturated carbocycles. The number of rotatable bonds is 8. The molecule has 98 valence electrons. The smallest absolute Gasteiger partial charge is 0.317 e. The van der Waals surface area contributed by atoms with Crippen LogP contribution in [0.1, 0.15) is 4.88 Å². The van der Waals surface area contributed by atoms with E-state index in [4.69, 9.17) is 5.11 Å². The van der Waals surface area contributed by atoms with Gasteiger partial charge in [-0.3, -0.25) is 14.5 Å². The van der Waals surface area contributed by atoms with Crippen LogP contribution in [0.15, 0.2) is 30.2 Å². The quantitative estimate of drug-likeness (QED) is 0.688. The van der Waals surface area contributed by atoms with Crippen LogP contribution in [0.25, 0.3) is 0 Å². The second-order valence-electron chi connectivity index (χ2n) is 3.71. The number of aliphatic carboxylic acids is 1. The Morgan fingerprint density at radius 3 is 2.83 bits per heavy atom. The van der Waals surface area contributed by atoms with Crippen LogP contribution in [0.5, 0.6) is 0 Å². The van der Waals surface area contributed by atoms with Crippen molar-refractivity contribution in [1.82, 2.24) is 10.2 Å². The standard InChI is InChI=1S/C12H16N2O3S/c1-2-5-14(9-12(16)17)8-11(15)13-7-10-4-3-6-18-10/h2-4,6H,1,5,7-9H2,(H,13,15)(H,16,17). The maximum absolute atomic E-state index is 11.6. The van der Waals surface area contributed by atoms with Gasteiger partial charge in [-0.05, 0) is 11.4 Å². The van der Waals surface area contributed by atoms with Gasteiger partial charge in [0.15, 0.2) is 0 Å². The number of hydrogen-bond acceptors (Lipinski definition) is 4. The molecule has 6 heteroatoms. The molecule has 1 rings (SSSR count). The van der Waals surface area contributed by atoms with E-state index < -0.39 is 5.97 Å². The van der Waals surface area contributed by atoms with Gasteiger partial charge in [-0.15, -0.1) is 17.9 Å². The van der Waals surface area contributed by atoms with Crippen molar-refractivity contribution in [2.75, 3.05) is 19.6 Å². The highest BCUT2D eigenvalue weighted by Crippen LogP contribution is 2.07. The lowest BCUT2D eigenvalue weighted by Crippen LogP contribution is -2.39. The maximum Gasteiger partial charge on any atom is 0.317 e. The normalized spacial score (nSPS) is 10.3. The van der Waals surface area contributed by atoms with Crippen molar-refractivity contribution in [1.29, 1.82) is 0 Å². The summed E-state index contributed by atoms with van der Waals surface area (Å²) in [5, 5.41) is 13.4. The van der Waals surface area contributed by atoms with Crippen LogP contribution in [0.2, 0.25) is 0 Å². The van der Waals surface area contributed by atoms with E-state index in [1.54, 1.807) is 17.4 Å². The lowest BCUT2D eigenvalue weighted by Gasteiger charge is -2.17. The van der Waals surface area contributed by atoms with Gasteiger partial charge < -0.3 is 10.4 Å². The van der Waals surface area contributed by atoms with Crippen molar-refractivity contribution in [3.05, 3.63) is 35.0 Å². The molecule has 1 aromatic rings. The van der Waals surface area contributed by atoms with Crippen LogP contribution in [0, 0.1) is 0 Å². The minimum absolute atomic E-state index is 0.0592. The molecule has 0 radical (unpaired) electrons. The molecule has 0 atom stereocenters. The van der Waals surface area contributed by atoms with Crippen LogP contribution < -0.4 is 5.32 Å². The van der Waals surface area contributed by atoms with E-state index in [1.165, 1.54) is 4.90 Å². The summed E-state index contributed by atoms with van der Waals surface area (Å²) in [6, 6.07) is 3.85. The van der Waals surface area contributed by atoms with E-state index >= 15 is 0 Å². The summed E-state index contributed by atoms with van der Waals surface area (Å²) in [6.07, 6.45) is 1.58. The van der Waals surface area contributed by atoms with Crippen LogP contribution >= 0.6 is 11.3 Å². The van der Waals surface area contributed by atoms with Gasteiger partial charge >= 0.3 is 5.97 Å².